The first-order valence-electron chi connectivity index (χ1n) is 5.67. The van der Waals surface area contributed by atoms with Crippen molar-refractivity contribution >= 4 is 16.2 Å². The van der Waals surface area contributed by atoms with Crippen molar-refractivity contribution in [3.05, 3.63) is 63.6 Å². The molecule has 10 heteroatoms. The van der Waals surface area contributed by atoms with Gasteiger partial charge in [-0.2, -0.15) is 0 Å². The second kappa shape index (κ2) is 84.4. The van der Waals surface area contributed by atoms with Gasteiger partial charge in [0, 0.05) is 29.2 Å². The van der Waals surface area contributed by atoms with Gasteiger partial charge in [0.1, 0.15) is 0 Å². The Morgan fingerprint density at radius 3 is 1.00 bits per heavy atom. The molecule has 0 aliphatic heterocycles. The van der Waals surface area contributed by atoms with Gasteiger partial charge in [0.05, 0.1) is 0 Å². The van der Waals surface area contributed by atoms with Gasteiger partial charge in [-0.3, -0.25) is 11.5 Å². The zero-order valence-electron chi connectivity index (χ0n) is 15.0. The van der Waals surface area contributed by atoms with Crippen LogP contribution in [0.3, 0.4) is 0 Å². The Kier molecular flexibility index (Phi) is 176. The summed E-state index contributed by atoms with van der Waals surface area (Å²) in [6.45, 7) is 34.5. The largest absolute Gasteiger partial charge is 4.00 e. The maximum Gasteiger partial charge on any atom is 4.00 e. The third kappa shape index (κ3) is 90.7. The average molecular weight is 515 g/mol. The molecule has 0 aromatic heterocycles. The topological polar surface area (TPSA) is 120 Å². The minimum Gasteiger partial charge on any atom is -0.999 e. The van der Waals surface area contributed by atoms with Crippen molar-refractivity contribution in [1.29, 1.82) is 0 Å². The maximum atomic E-state index is 7.75. The number of hydrogen-bond acceptors (Lipinski definition) is 2. The zero-order chi connectivity index (χ0) is 22.3. The minimum atomic E-state index is 0. The number of hydrogen-bond donors (Lipinski definition) is 0. The van der Waals surface area contributed by atoms with Crippen LogP contribution in [0, 0.1) is 57.5 Å². The molecular formula is C17H18FeMoNO6P-2. The summed E-state index contributed by atoms with van der Waals surface area (Å²) in [5.41, 5.74) is 0. The smallest absolute Gasteiger partial charge is 0.999 e. The third-order valence-corrected chi connectivity index (χ3v) is 2.74. The molecule has 0 aliphatic carbocycles. The number of nitrogens with zero attached hydrogens (tertiary/aromatic N) is 1. The third-order valence-electron chi connectivity index (χ3n) is 1.54. The predicted molar refractivity (Wildman–Crippen MR) is 85.6 cm³/mol. The molecule has 148 valence electrons. The van der Waals surface area contributed by atoms with E-state index in [-0.39, 0.29) is 38.1 Å². The van der Waals surface area contributed by atoms with Gasteiger partial charge in [0.15, 0.2) is 0 Å². The molecule has 0 aliphatic rings. The molecule has 0 amide bonds. The Morgan fingerprint density at radius 1 is 0.778 bits per heavy atom. The van der Waals surface area contributed by atoms with E-state index in [0.29, 0.717) is 12.1 Å². The van der Waals surface area contributed by atoms with Gasteiger partial charge in [-0.25, -0.2) is 0 Å². The van der Waals surface area contributed by atoms with Gasteiger partial charge in [0.2, 0.25) is 0 Å². The van der Waals surface area contributed by atoms with E-state index in [0.717, 1.165) is 0 Å². The number of rotatable bonds is 2. The van der Waals surface area contributed by atoms with Crippen molar-refractivity contribution in [3.8, 4) is 0 Å². The van der Waals surface area contributed by atoms with Crippen LogP contribution < -0.4 is 0 Å². The molecule has 1 aromatic carbocycles. The molecule has 27 heavy (non-hydrogen) atoms. The van der Waals surface area contributed by atoms with E-state index in [2.05, 4.69) is 106 Å². The first kappa shape index (κ1) is 56.2. The molecule has 1 aromatic rings. The minimum absolute atomic E-state index is 0. The van der Waals surface area contributed by atoms with Gasteiger partial charge in [-0.15, -0.1) is 0 Å². The summed E-state index contributed by atoms with van der Waals surface area (Å²) in [6, 6.07) is 13.3. The molecule has 0 radical (unpaired) electrons. The van der Waals surface area contributed by atoms with Crippen LogP contribution in [0.5, 0.6) is 0 Å². The normalized spacial score (nSPS) is 5.56. The molecular weight excluding hydrogens is 497 g/mol. The summed E-state index contributed by atoms with van der Waals surface area (Å²) < 4.78 is 39.8. The van der Waals surface area contributed by atoms with Gasteiger partial charge < -0.3 is 35.1 Å². The van der Waals surface area contributed by atoms with Gasteiger partial charge in [-0.1, -0.05) is 9.39 Å². The molecule has 1 rings (SSSR count). The van der Waals surface area contributed by atoms with Crippen LogP contribution in [-0.4, -0.2) is 23.5 Å². The number of carbonyl (C=O) groups excluding carboxylic acids is 1. The van der Waals surface area contributed by atoms with E-state index < -0.39 is 0 Å². The summed E-state index contributed by atoms with van der Waals surface area (Å²) in [5, 5.41) is 0. The second-order valence-electron chi connectivity index (χ2n) is 3.32. The second-order valence-corrected chi connectivity index (χ2v) is 3.91. The Bertz CT molecular complexity index is 332. The zero-order valence-corrected chi connectivity index (χ0v) is 19.3. The van der Waals surface area contributed by atoms with Crippen LogP contribution in [0.2, 0.25) is 0 Å². The SMILES string of the molecule is CC(C)N(P)C(C)C.[C-]#[O+].[C-]#[O+].[C-]#[O+].[C-]#[O+].[C-]#[O+].[CH-]=O.[Fe].[Mo+4].[c-]1[c-][c-][cH-][c-]1. The van der Waals surface area contributed by atoms with Crippen LogP contribution in [0.25, 0.3) is 0 Å². The molecule has 1 unspecified atom stereocenters. The first-order valence-corrected chi connectivity index (χ1v) is 6.18. The molecule has 0 saturated heterocycles. The Balaban J connectivity index is -0.0000000215. The van der Waals surface area contributed by atoms with E-state index in [4.69, 9.17) is 28.1 Å². The molecule has 0 saturated carbocycles. The summed E-state index contributed by atoms with van der Waals surface area (Å²) in [5.74, 6) is 0. The van der Waals surface area contributed by atoms with Crippen molar-refractivity contribution in [1.82, 2.24) is 4.67 Å². The fourth-order valence-corrected chi connectivity index (χ4v) is 0.777. The van der Waals surface area contributed by atoms with E-state index in [1.54, 1.807) is 6.07 Å². The molecule has 0 N–H and O–H groups in total. The Hall–Kier alpha value is -0.682. The van der Waals surface area contributed by atoms with Crippen LogP contribution >= 0.6 is 9.39 Å². The van der Waals surface area contributed by atoms with Crippen molar-refractivity contribution in [2.24, 2.45) is 0 Å². The van der Waals surface area contributed by atoms with Crippen LogP contribution in [0.4, 0.5) is 0 Å². The molecule has 0 heterocycles. The fraction of sp³-hybridized carbons (Fsp3) is 0.353. The quantitative estimate of drug-likeness (QED) is 0.197. The Labute approximate surface area is 190 Å². The van der Waals surface area contributed by atoms with Crippen molar-refractivity contribution in [2.75, 3.05) is 0 Å². The first-order chi connectivity index (χ1) is 12.1. The summed E-state index contributed by atoms with van der Waals surface area (Å²) >= 11 is 0. The van der Waals surface area contributed by atoms with E-state index in [1.807, 2.05) is 0 Å². The van der Waals surface area contributed by atoms with Crippen molar-refractivity contribution < 1.29 is 66.2 Å². The average Bonchev–Trinajstić information content (AvgIpc) is 3.30. The standard InChI is InChI=1S/C6H16NP.C5H.CHO.5CO.Fe.Mo/c1-5(2)7(8)6(3)4;1-2-4-5-3-1;6*1-2;;/h5-6H,8H2,1-4H3;1H;1H;;;;;;;/q;-5;-1;;;;;;;+4. The summed E-state index contributed by atoms with van der Waals surface area (Å²) in [4.78, 5) is 7.75. The van der Waals surface area contributed by atoms with Crippen LogP contribution in [-0.2, 0) is 66.2 Å². The van der Waals surface area contributed by atoms with Crippen molar-refractivity contribution in [2.45, 2.75) is 39.8 Å². The monoisotopic (exact) mass is 517 g/mol. The summed E-state index contributed by atoms with van der Waals surface area (Å²) in [6.07, 6.45) is 0. The molecule has 0 bridgehead atoms. The molecule has 7 nitrogen and oxygen atoms in total. The Morgan fingerprint density at radius 2 is 0.963 bits per heavy atom. The van der Waals surface area contributed by atoms with E-state index in [1.165, 1.54) is 0 Å². The van der Waals surface area contributed by atoms with Gasteiger partial charge in [0.25, 0.3) is 0 Å². The summed E-state index contributed by atoms with van der Waals surface area (Å²) in [7, 11) is 2.72. The molecule has 0 spiro atoms. The van der Waals surface area contributed by atoms with E-state index in [9.17, 15) is 0 Å². The van der Waals surface area contributed by atoms with Crippen LogP contribution in [0.1, 0.15) is 27.7 Å². The van der Waals surface area contributed by atoms with Crippen LogP contribution in [0.15, 0.2) is 6.07 Å². The maximum absolute atomic E-state index is 7.75. The van der Waals surface area contributed by atoms with Gasteiger partial charge >= 0.3 is 77.6 Å². The van der Waals surface area contributed by atoms with Gasteiger partial charge in [-0.05, 0) is 27.7 Å². The molecule has 0 fully saturated rings. The van der Waals surface area contributed by atoms with E-state index >= 15 is 0 Å². The van der Waals surface area contributed by atoms with Crippen molar-refractivity contribution in [3.63, 3.8) is 0 Å². The fourth-order valence-electron chi connectivity index (χ4n) is 0.777. The molecule has 1 atom stereocenters. The predicted octanol–water partition coefficient (Wildman–Crippen LogP) is 2.03.